The molecule has 1 aliphatic rings. The van der Waals surface area contributed by atoms with Crippen molar-refractivity contribution in [2.24, 2.45) is 0 Å². The zero-order valence-corrected chi connectivity index (χ0v) is 14.6. The Labute approximate surface area is 145 Å². The lowest BCUT2D eigenvalue weighted by Gasteiger charge is -2.22. The van der Waals surface area contributed by atoms with Crippen molar-refractivity contribution in [3.8, 4) is 0 Å². The molecule has 4 nitrogen and oxygen atoms in total. The van der Waals surface area contributed by atoms with Crippen molar-refractivity contribution < 1.29 is 4.79 Å². The maximum atomic E-state index is 13.0. The van der Waals surface area contributed by atoms with Crippen LogP contribution in [-0.4, -0.2) is 26.8 Å². The van der Waals surface area contributed by atoms with E-state index in [0.29, 0.717) is 18.2 Å². The molecule has 0 radical (unpaired) electrons. The van der Waals surface area contributed by atoms with E-state index in [9.17, 15) is 4.79 Å². The minimum Gasteiger partial charge on any atom is -0.331 e. The molecule has 1 amide bonds. The smallest absolute Gasteiger partial charge is 0.254 e. The summed E-state index contributed by atoms with van der Waals surface area (Å²) in [5.41, 5.74) is 4.16. The van der Waals surface area contributed by atoms with Gasteiger partial charge in [-0.1, -0.05) is 6.07 Å². The third-order valence-corrected chi connectivity index (χ3v) is 5.34. The lowest BCUT2D eigenvalue weighted by molar-refractivity contribution is 0.0732. The minimum absolute atomic E-state index is 0.0906. The number of carbonyl (C=O) groups excluding carboxylic acids is 1. The molecule has 0 N–H and O–H groups in total. The molecular formula is C19H19N3OS. The van der Waals surface area contributed by atoms with Gasteiger partial charge in [0.15, 0.2) is 0 Å². The molecule has 0 bridgehead atoms. The number of fused-ring (bicyclic) bond motifs is 1. The van der Waals surface area contributed by atoms with Crippen LogP contribution in [0.1, 0.15) is 39.5 Å². The van der Waals surface area contributed by atoms with Crippen molar-refractivity contribution in [1.82, 2.24) is 14.9 Å². The summed E-state index contributed by atoms with van der Waals surface area (Å²) in [7, 11) is 0. The van der Waals surface area contributed by atoms with Gasteiger partial charge in [-0.15, -0.1) is 11.3 Å². The molecule has 2 heterocycles. The topological polar surface area (TPSA) is 46.1 Å². The molecule has 24 heavy (non-hydrogen) atoms. The van der Waals surface area contributed by atoms with E-state index in [2.05, 4.69) is 21.4 Å². The Morgan fingerprint density at radius 3 is 2.58 bits per heavy atom. The summed E-state index contributed by atoms with van der Waals surface area (Å²) in [5.74, 6) is 0.0906. The molecule has 0 saturated heterocycles. The van der Waals surface area contributed by atoms with E-state index >= 15 is 0 Å². The monoisotopic (exact) mass is 337 g/mol. The molecule has 3 aromatic rings. The van der Waals surface area contributed by atoms with E-state index in [1.54, 1.807) is 11.3 Å². The molecule has 4 rings (SSSR count). The standard InChI is InChI=1S/C19H19N3OS/c1-12-13(2)21-18-10-14(5-8-17(18)20-12)19(23)22(15-6-7-15)11-16-4-3-9-24-16/h3-5,8-10,15H,6-7,11H2,1-2H3. The number of rotatable bonds is 4. The predicted octanol–water partition coefficient (Wildman–Crippen LogP) is 4.11. The van der Waals surface area contributed by atoms with Crippen LogP contribution in [0.3, 0.4) is 0 Å². The number of amides is 1. The van der Waals surface area contributed by atoms with Crippen molar-refractivity contribution >= 4 is 28.3 Å². The highest BCUT2D eigenvalue weighted by Gasteiger charge is 2.33. The lowest BCUT2D eigenvalue weighted by Crippen LogP contribution is -2.32. The average molecular weight is 337 g/mol. The largest absolute Gasteiger partial charge is 0.331 e. The summed E-state index contributed by atoms with van der Waals surface area (Å²) >= 11 is 1.70. The molecule has 0 atom stereocenters. The molecule has 0 unspecified atom stereocenters. The second kappa shape index (κ2) is 5.98. The van der Waals surface area contributed by atoms with E-state index in [1.165, 1.54) is 4.88 Å². The molecule has 1 fully saturated rings. The first-order chi connectivity index (χ1) is 11.6. The number of hydrogen-bond donors (Lipinski definition) is 0. The number of hydrogen-bond acceptors (Lipinski definition) is 4. The molecular weight excluding hydrogens is 318 g/mol. The molecule has 1 aromatic carbocycles. The van der Waals surface area contributed by atoms with Gasteiger partial charge in [-0.25, -0.2) is 9.97 Å². The highest BCUT2D eigenvalue weighted by molar-refractivity contribution is 7.09. The van der Waals surface area contributed by atoms with Gasteiger partial charge in [0.2, 0.25) is 0 Å². The van der Waals surface area contributed by atoms with Crippen molar-refractivity contribution in [2.45, 2.75) is 39.3 Å². The first kappa shape index (κ1) is 15.3. The number of nitrogens with zero attached hydrogens (tertiary/aromatic N) is 3. The van der Waals surface area contributed by atoms with Gasteiger partial charge >= 0.3 is 0 Å². The van der Waals surface area contributed by atoms with E-state index in [1.807, 2.05) is 43.0 Å². The molecule has 0 spiro atoms. The number of thiophene rings is 1. The Hall–Kier alpha value is -2.27. The zero-order chi connectivity index (χ0) is 16.7. The lowest BCUT2D eigenvalue weighted by atomic mass is 10.1. The van der Waals surface area contributed by atoms with Crippen LogP contribution in [0.15, 0.2) is 35.7 Å². The molecule has 122 valence electrons. The number of carbonyl (C=O) groups is 1. The molecule has 2 aromatic heterocycles. The Bertz CT molecular complexity index is 900. The molecule has 0 aliphatic heterocycles. The summed E-state index contributed by atoms with van der Waals surface area (Å²) in [6.07, 6.45) is 2.20. The first-order valence-electron chi connectivity index (χ1n) is 8.20. The van der Waals surface area contributed by atoms with E-state index in [4.69, 9.17) is 0 Å². The van der Waals surface area contributed by atoms with Crippen LogP contribution in [0.25, 0.3) is 11.0 Å². The SMILES string of the molecule is Cc1nc2ccc(C(=O)N(Cc3cccs3)C3CC3)cc2nc1C. The van der Waals surface area contributed by atoms with Crippen LogP contribution in [0, 0.1) is 13.8 Å². The summed E-state index contributed by atoms with van der Waals surface area (Å²) < 4.78 is 0. The van der Waals surface area contributed by atoms with Gasteiger partial charge in [0.05, 0.1) is 29.0 Å². The van der Waals surface area contributed by atoms with Gasteiger partial charge in [-0.2, -0.15) is 0 Å². The summed E-state index contributed by atoms with van der Waals surface area (Å²) in [5, 5.41) is 2.06. The maximum Gasteiger partial charge on any atom is 0.254 e. The number of aryl methyl sites for hydroxylation is 2. The van der Waals surface area contributed by atoms with Crippen molar-refractivity contribution in [3.05, 3.63) is 57.5 Å². The average Bonchev–Trinajstić information content (AvgIpc) is 3.29. The third kappa shape index (κ3) is 2.91. The number of benzene rings is 1. The van der Waals surface area contributed by atoms with Crippen molar-refractivity contribution in [1.29, 1.82) is 0 Å². The van der Waals surface area contributed by atoms with Gasteiger partial charge in [-0.3, -0.25) is 4.79 Å². The Morgan fingerprint density at radius 2 is 1.92 bits per heavy atom. The normalized spacial score (nSPS) is 14.1. The third-order valence-electron chi connectivity index (χ3n) is 4.48. The summed E-state index contributed by atoms with van der Waals surface area (Å²) in [6.45, 7) is 4.60. The van der Waals surface area contributed by atoms with Gasteiger partial charge in [-0.05, 0) is 56.3 Å². The van der Waals surface area contributed by atoms with Crippen LogP contribution >= 0.6 is 11.3 Å². The first-order valence-corrected chi connectivity index (χ1v) is 9.08. The maximum absolute atomic E-state index is 13.0. The summed E-state index contributed by atoms with van der Waals surface area (Å²) in [4.78, 5) is 25.4. The van der Waals surface area contributed by atoms with Crippen LogP contribution in [-0.2, 0) is 6.54 Å². The second-order valence-electron chi connectivity index (χ2n) is 6.34. The van der Waals surface area contributed by atoms with Crippen molar-refractivity contribution in [3.63, 3.8) is 0 Å². The Kier molecular flexibility index (Phi) is 3.81. The fraction of sp³-hybridized carbons (Fsp3) is 0.316. The Balaban J connectivity index is 1.66. The number of aromatic nitrogens is 2. The molecule has 1 aliphatic carbocycles. The van der Waals surface area contributed by atoms with Gasteiger partial charge in [0.25, 0.3) is 5.91 Å². The summed E-state index contributed by atoms with van der Waals surface area (Å²) in [6, 6.07) is 10.1. The van der Waals surface area contributed by atoms with Crippen LogP contribution in [0.5, 0.6) is 0 Å². The fourth-order valence-corrected chi connectivity index (χ4v) is 3.56. The zero-order valence-electron chi connectivity index (χ0n) is 13.8. The van der Waals surface area contributed by atoms with Crippen molar-refractivity contribution in [2.75, 3.05) is 0 Å². The molecule has 5 heteroatoms. The van der Waals surface area contributed by atoms with Gasteiger partial charge < -0.3 is 4.90 Å². The fourth-order valence-electron chi connectivity index (χ4n) is 2.85. The second-order valence-corrected chi connectivity index (χ2v) is 7.37. The van der Waals surface area contributed by atoms with Crippen LogP contribution < -0.4 is 0 Å². The van der Waals surface area contributed by atoms with Crippen LogP contribution in [0.4, 0.5) is 0 Å². The Morgan fingerprint density at radius 1 is 1.17 bits per heavy atom. The highest BCUT2D eigenvalue weighted by atomic mass is 32.1. The quantitative estimate of drug-likeness (QED) is 0.719. The van der Waals surface area contributed by atoms with E-state index < -0.39 is 0 Å². The molecule has 1 saturated carbocycles. The van der Waals surface area contributed by atoms with E-state index in [0.717, 1.165) is 35.3 Å². The minimum atomic E-state index is 0.0906. The predicted molar refractivity (Wildman–Crippen MR) is 96.2 cm³/mol. The van der Waals surface area contributed by atoms with Gasteiger partial charge in [0.1, 0.15) is 0 Å². The van der Waals surface area contributed by atoms with Gasteiger partial charge in [0, 0.05) is 16.5 Å². The van der Waals surface area contributed by atoms with E-state index in [-0.39, 0.29) is 5.91 Å². The highest BCUT2D eigenvalue weighted by Crippen LogP contribution is 2.31. The van der Waals surface area contributed by atoms with Crippen LogP contribution in [0.2, 0.25) is 0 Å².